The van der Waals surface area contributed by atoms with E-state index >= 15 is 0 Å². The predicted octanol–water partition coefficient (Wildman–Crippen LogP) is 3.39. The highest BCUT2D eigenvalue weighted by Gasteiger charge is 2.22. The molecule has 0 aromatic carbocycles. The summed E-state index contributed by atoms with van der Waals surface area (Å²) in [4.78, 5) is 0. The molecule has 3 unspecified atom stereocenters. The van der Waals surface area contributed by atoms with Gasteiger partial charge in [-0.2, -0.15) is 23.5 Å². The van der Waals surface area contributed by atoms with Crippen LogP contribution < -0.4 is 5.32 Å². The molecule has 0 bridgehead atoms. The van der Waals surface area contributed by atoms with E-state index in [1.165, 1.54) is 55.9 Å². The first kappa shape index (κ1) is 13.1. The van der Waals surface area contributed by atoms with Crippen LogP contribution in [0.1, 0.15) is 39.0 Å². The highest BCUT2D eigenvalue weighted by Crippen LogP contribution is 2.27. The van der Waals surface area contributed by atoms with Crippen molar-refractivity contribution < 1.29 is 0 Å². The van der Waals surface area contributed by atoms with Crippen molar-refractivity contribution in [2.75, 3.05) is 23.8 Å². The highest BCUT2D eigenvalue weighted by molar-refractivity contribution is 8.06. The third-order valence-electron chi connectivity index (χ3n) is 3.88. The Labute approximate surface area is 109 Å². The van der Waals surface area contributed by atoms with E-state index in [-0.39, 0.29) is 0 Å². The van der Waals surface area contributed by atoms with Gasteiger partial charge in [0.2, 0.25) is 0 Å². The fourth-order valence-corrected chi connectivity index (χ4v) is 5.42. The zero-order chi connectivity index (χ0) is 11.2. The van der Waals surface area contributed by atoms with Crippen molar-refractivity contribution in [1.29, 1.82) is 0 Å². The summed E-state index contributed by atoms with van der Waals surface area (Å²) in [6.07, 6.45) is 7.15. The van der Waals surface area contributed by atoms with Crippen LogP contribution in [0.15, 0.2) is 0 Å². The van der Waals surface area contributed by atoms with Gasteiger partial charge in [-0.25, -0.2) is 0 Å². The highest BCUT2D eigenvalue weighted by atomic mass is 32.2. The normalized spacial score (nSPS) is 36.2. The molecule has 3 heteroatoms. The number of hydrogen-bond acceptors (Lipinski definition) is 3. The Balaban J connectivity index is 1.64. The second kappa shape index (κ2) is 7.17. The Morgan fingerprint density at radius 2 is 2.19 bits per heavy atom. The second-order valence-corrected chi connectivity index (χ2v) is 7.67. The summed E-state index contributed by atoms with van der Waals surface area (Å²) >= 11 is 4.31. The summed E-state index contributed by atoms with van der Waals surface area (Å²) in [5, 5.41) is 4.70. The summed E-state index contributed by atoms with van der Waals surface area (Å²) in [5.41, 5.74) is 0. The molecular weight excluding hydrogens is 234 g/mol. The van der Waals surface area contributed by atoms with Gasteiger partial charge in [0.25, 0.3) is 0 Å². The molecule has 0 radical (unpaired) electrons. The Morgan fingerprint density at radius 3 is 2.94 bits per heavy atom. The number of rotatable bonds is 4. The molecule has 0 aromatic heterocycles. The van der Waals surface area contributed by atoms with E-state index in [9.17, 15) is 0 Å². The molecule has 1 saturated heterocycles. The van der Waals surface area contributed by atoms with Gasteiger partial charge >= 0.3 is 0 Å². The average molecular weight is 259 g/mol. The molecule has 1 heterocycles. The first-order valence-corrected chi connectivity index (χ1v) is 9.01. The van der Waals surface area contributed by atoms with Gasteiger partial charge in [0.1, 0.15) is 0 Å². The summed E-state index contributed by atoms with van der Waals surface area (Å²) in [7, 11) is 0. The van der Waals surface area contributed by atoms with Crippen molar-refractivity contribution in [1.82, 2.24) is 5.32 Å². The van der Waals surface area contributed by atoms with Crippen molar-refractivity contribution in [2.24, 2.45) is 5.92 Å². The molecule has 3 atom stereocenters. The lowest BCUT2D eigenvalue weighted by Gasteiger charge is -2.31. The Morgan fingerprint density at radius 1 is 1.25 bits per heavy atom. The first-order valence-electron chi connectivity index (χ1n) is 6.81. The third kappa shape index (κ3) is 4.15. The second-order valence-electron chi connectivity index (χ2n) is 5.11. The molecule has 16 heavy (non-hydrogen) atoms. The van der Waals surface area contributed by atoms with Gasteiger partial charge in [-0.15, -0.1) is 0 Å². The van der Waals surface area contributed by atoms with E-state index in [1.54, 1.807) is 0 Å². The van der Waals surface area contributed by atoms with Crippen molar-refractivity contribution in [3.63, 3.8) is 0 Å². The number of thioether (sulfide) groups is 2. The lowest BCUT2D eigenvalue weighted by atomic mass is 9.84. The van der Waals surface area contributed by atoms with Crippen molar-refractivity contribution in [3.05, 3.63) is 0 Å². The maximum Gasteiger partial charge on any atom is 0.0263 e. The minimum absolute atomic E-state index is 0.825. The van der Waals surface area contributed by atoms with E-state index in [0.29, 0.717) is 0 Å². The zero-order valence-corrected chi connectivity index (χ0v) is 12.0. The smallest absolute Gasteiger partial charge is 0.0263 e. The Kier molecular flexibility index (Phi) is 5.87. The number of hydrogen-bond donors (Lipinski definition) is 1. The minimum atomic E-state index is 0.825. The van der Waals surface area contributed by atoms with Crippen LogP contribution in [0.2, 0.25) is 0 Å². The van der Waals surface area contributed by atoms with Gasteiger partial charge < -0.3 is 5.32 Å². The first-order chi connectivity index (χ1) is 7.88. The van der Waals surface area contributed by atoms with Crippen LogP contribution in [-0.2, 0) is 0 Å². The quantitative estimate of drug-likeness (QED) is 0.831. The Hall–Kier alpha value is 0.660. The molecule has 2 fully saturated rings. The van der Waals surface area contributed by atoms with E-state index < -0.39 is 0 Å². The van der Waals surface area contributed by atoms with Gasteiger partial charge in [-0.05, 0) is 18.8 Å². The largest absolute Gasteiger partial charge is 0.313 e. The topological polar surface area (TPSA) is 12.0 Å². The van der Waals surface area contributed by atoms with Crippen molar-refractivity contribution in [3.8, 4) is 0 Å². The summed E-state index contributed by atoms with van der Waals surface area (Å²) < 4.78 is 0. The average Bonchev–Trinajstić information content (AvgIpc) is 2.38. The maximum absolute atomic E-state index is 3.82. The van der Waals surface area contributed by atoms with Gasteiger partial charge in [0.15, 0.2) is 0 Å². The van der Waals surface area contributed by atoms with Gasteiger partial charge in [-0.3, -0.25) is 0 Å². The molecule has 94 valence electrons. The van der Waals surface area contributed by atoms with Gasteiger partial charge in [0, 0.05) is 35.1 Å². The molecular formula is C13H25NS2. The SMILES string of the molecule is CCC1CCCC(NCC2CSCCS2)C1. The van der Waals surface area contributed by atoms with Crippen LogP contribution in [0.25, 0.3) is 0 Å². The van der Waals surface area contributed by atoms with E-state index in [1.807, 2.05) is 0 Å². The maximum atomic E-state index is 3.82. The van der Waals surface area contributed by atoms with Crippen LogP contribution in [0.3, 0.4) is 0 Å². The summed E-state index contributed by atoms with van der Waals surface area (Å²) in [6.45, 7) is 3.60. The summed E-state index contributed by atoms with van der Waals surface area (Å²) in [5.74, 6) is 5.09. The molecule has 1 N–H and O–H groups in total. The lowest BCUT2D eigenvalue weighted by Crippen LogP contribution is -2.39. The third-order valence-corrected chi connectivity index (χ3v) is 6.72. The summed E-state index contributed by atoms with van der Waals surface area (Å²) in [6, 6.07) is 0.825. The molecule has 1 nitrogen and oxygen atoms in total. The monoisotopic (exact) mass is 259 g/mol. The van der Waals surface area contributed by atoms with Gasteiger partial charge in [-0.1, -0.05) is 26.2 Å². The van der Waals surface area contributed by atoms with Crippen molar-refractivity contribution >= 4 is 23.5 Å². The fourth-order valence-electron chi connectivity index (χ4n) is 2.80. The molecule has 0 aromatic rings. The molecule has 1 saturated carbocycles. The lowest BCUT2D eigenvalue weighted by molar-refractivity contribution is 0.280. The van der Waals surface area contributed by atoms with Crippen LogP contribution in [0.5, 0.6) is 0 Å². The molecule has 0 spiro atoms. The van der Waals surface area contributed by atoms with Crippen LogP contribution in [-0.4, -0.2) is 35.1 Å². The molecule has 2 rings (SSSR count). The molecule has 0 amide bonds. The molecule has 2 aliphatic rings. The van der Waals surface area contributed by atoms with E-state index in [4.69, 9.17) is 0 Å². The number of nitrogens with one attached hydrogen (secondary N) is 1. The van der Waals surface area contributed by atoms with Crippen LogP contribution >= 0.6 is 23.5 Å². The zero-order valence-electron chi connectivity index (χ0n) is 10.4. The van der Waals surface area contributed by atoms with Crippen LogP contribution in [0.4, 0.5) is 0 Å². The Bertz CT molecular complexity index is 192. The predicted molar refractivity (Wildman–Crippen MR) is 77.6 cm³/mol. The fraction of sp³-hybridized carbons (Fsp3) is 1.00. The standard InChI is InChI=1S/C13H25NS2/c1-2-11-4-3-5-12(8-11)14-9-13-10-15-6-7-16-13/h11-14H,2-10H2,1H3. The van der Waals surface area contributed by atoms with E-state index in [2.05, 4.69) is 35.8 Å². The van der Waals surface area contributed by atoms with Crippen molar-refractivity contribution in [2.45, 2.75) is 50.3 Å². The minimum Gasteiger partial charge on any atom is -0.313 e. The van der Waals surface area contributed by atoms with E-state index in [0.717, 1.165) is 17.2 Å². The molecule has 1 aliphatic carbocycles. The van der Waals surface area contributed by atoms with Crippen LogP contribution in [0, 0.1) is 5.92 Å². The molecule has 1 aliphatic heterocycles. The van der Waals surface area contributed by atoms with Gasteiger partial charge in [0.05, 0.1) is 0 Å².